The molecule has 0 unspecified atom stereocenters. The summed E-state index contributed by atoms with van der Waals surface area (Å²) in [6, 6.07) is 11.1. The molecule has 0 bridgehead atoms. The van der Waals surface area contributed by atoms with Crippen LogP contribution in [0.1, 0.15) is 16.2 Å². The number of hydrazine groups is 1. The zero-order valence-corrected chi connectivity index (χ0v) is 19.0. The lowest BCUT2D eigenvalue weighted by atomic mass is 10.1. The maximum atomic E-state index is 12.0. The summed E-state index contributed by atoms with van der Waals surface area (Å²) in [6.45, 7) is 1.52. The van der Waals surface area contributed by atoms with Crippen LogP contribution in [0.3, 0.4) is 0 Å². The molecule has 1 heterocycles. The minimum absolute atomic E-state index is 0.0679. The number of H-pyrrole nitrogens is 1. The van der Waals surface area contributed by atoms with Crippen LogP contribution in [0.15, 0.2) is 45.3 Å². The highest BCUT2D eigenvalue weighted by Gasteiger charge is 2.12. The number of fused-ring (bicyclic) bond motifs is 1. The number of aromatic nitrogens is 2. The number of nitrogens with one attached hydrogen (secondary N) is 4. The first kappa shape index (κ1) is 21.2. The molecule has 0 fully saturated rings. The minimum Gasteiger partial charge on any atom is -0.483 e. The molecule has 3 aromatic rings. The largest absolute Gasteiger partial charge is 0.483 e. The van der Waals surface area contributed by atoms with Crippen LogP contribution in [0, 0.1) is 6.92 Å². The predicted molar refractivity (Wildman–Crippen MR) is 120 cm³/mol. The van der Waals surface area contributed by atoms with Crippen LogP contribution in [-0.4, -0.2) is 33.7 Å². The average Bonchev–Trinajstić information content (AvgIpc) is 3.12. The average molecular weight is 541 g/mol. The molecule has 11 heteroatoms. The van der Waals surface area contributed by atoms with Crippen molar-refractivity contribution in [1.29, 1.82) is 0 Å². The highest BCUT2D eigenvalue weighted by molar-refractivity contribution is 9.11. The first-order chi connectivity index (χ1) is 13.8. The summed E-state index contributed by atoms with van der Waals surface area (Å²) in [5.41, 5.74) is 5.72. The molecule has 0 spiro atoms. The highest BCUT2D eigenvalue weighted by Crippen LogP contribution is 2.34. The fourth-order valence-electron chi connectivity index (χ4n) is 2.40. The van der Waals surface area contributed by atoms with E-state index >= 15 is 0 Å². The van der Waals surface area contributed by atoms with Crippen molar-refractivity contribution >= 4 is 71.8 Å². The number of aryl methyl sites for hydroxylation is 1. The molecule has 0 aliphatic carbocycles. The van der Waals surface area contributed by atoms with E-state index in [1.54, 1.807) is 19.1 Å². The van der Waals surface area contributed by atoms with E-state index < -0.39 is 11.8 Å². The van der Waals surface area contributed by atoms with Gasteiger partial charge in [0.25, 0.3) is 11.8 Å². The normalized spacial score (nSPS) is 10.4. The van der Waals surface area contributed by atoms with Gasteiger partial charge in [-0.1, -0.05) is 28.1 Å². The van der Waals surface area contributed by atoms with E-state index in [2.05, 4.69) is 58.2 Å². The molecule has 0 aliphatic heterocycles. The molecule has 0 saturated heterocycles. The first-order valence-corrected chi connectivity index (χ1v) is 10.3. The molecule has 0 aliphatic rings. The molecule has 29 heavy (non-hydrogen) atoms. The summed E-state index contributed by atoms with van der Waals surface area (Å²) in [4.78, 5) is 23.9. The quantitative estimate of drug-likeness (QED) is 0.299. The minimum atomic E-state index is -0.492. The molecule has 0 atom stereocenters. The molecule has 4 N–H and O–H groups in total. The fraction of sp³-hybridized carbons (Fsp3) is 0.111. The Morgan fingerprint density at radius 1 is 1.17 bits per heavy atom. The first-order valence-electron chi connectivity index (χ1n) is 8.26. The molecule has 1 aromatic heterocycles. The van der Waals surface area contributed by atoms with Crippen molar-refractivity contribution in [2.75, 3.05) is 6.61 Å². The number of nitrogens with zero attached hydrogens (tertiary/aromatic N) is 1. The second kappa shape index (κ2) is 9.33. The summed E-state index contributed by atoms with van der Waals surface area (Å²) < 4.78 is 7.30. The van der Waals surface area contributed by atoms with Gasteiger partial charge in [-0.25, -0.2) is 0 Å². The van der Waals surface area contributed by atoms with Crippen molar-refractivity contribution < 1.29 is 14.3 Å². The Morgan fingerprint density at radius 2 is 1.97 bits per heavy atom. The van der Waals surface area contributed by atoms with Crippen molar-refractivity contribution in [3.05, 3.63) is 56.7 Å². The summed E-state index contributed by atoms with van der Waals surface area (Å²) in [7, 11) is 0. The van der Waals surface area contributed by atoms with Crippen LogP contribution in [0.4, 0.5) is 0 Å². The summed E-state index contributed by atoms with van der Waals surface area (Å²) in [5, 5.41) is 10.8. The number of hydrogen-bond acceptors (Lipinski definition) is 5. The van der Waals surface area contributed by atoms with E-state index in [1.165, 1.54) is 0 Å². The van der Waals surface area contributed by atoms with Gasteiger partial charge < -0.3 is 4.74 Å². The van der Waals surface area contributed by atoms with E-state index in [4.69, 9.17) is 17.0 Å². The van der Waals surface area contributed by atoms with Gasteiger partial charge in [0.2, 0.25) is 0 Å². The monoisotopic (exact) mass is 539 g/mol. The Hall–Kier alpha value is -2.50. The molecular formula is C18H15Br2N5O3S. The van der Waals surface area contributed by atoms with Crippen molar-refractivity contribution in [1.82, 2.24) is 26.4 Å². The fourth-order valence-corrected chi connectivity index (χ4v) is 3.55. The number of rotatable bonds is 4. The Kier molecular flexibility index (Phi) is 6.83. The maximum Gasteiger partial charge on any atom is 0.290 e. The number of aromatic amines is 1. The number of amides is 2. The lowest BCUT2D eigenvalue weighted by Crippen LogP contribution is -2.49. The van der Waals surface area contributed by atoms with Crippen LogP contribution >= 0.6 is 44.1 Å². The standard InChI is InChI=1S/C18H15Br2N5O3S/c1-9-6-13(23-22-9)17(27)24-25-18(29)21-15(26)8-28-14-5-2-10-7-11(19)3-4-12(10)16(14)20/h2-7H,8H2,1H3,(H,22,23)(H,24,27)(H2,21,25,26,29). The number of hydrogen-bond donors (Lipinski definition) is 4. The van der Waals surface area contributed by atoms with E-state index in [1.807, 2.05) is 24.3 Å². The Morgan fingerprint density at radius 3 is 2.69 bits per heavy atom. The van der Waals surface area contributed by atoms with E-state index in [9.17, 15) is 9.59 Å². The predicted octanol–water partition coefficient (Wildman–Crippen LogP) is 3.11. The molecule has 2 amide bonds. The van der Waals surface area contributed by atoms with Gasteiger partial charge in [0.15, 0.2) is 17.4 Å². The van der Waals surface area contributed by atoms with Crippen molar-refractivity contribution in [2.24, 2.45) is 0 Å². The molecule has 150 valence electrons. The number of ether oxygens (including phenoxy) is 1. The molecular weight excluding hydrogens is 526 g/mol. The second-order valence-electron chi connectivity index (χ2n) is 5.92. The van der Waals surface area contributed by atoms with E-state index in [0.717, 1.165) is 25.4 Å². The zero-order valence-electron chi connectivity index (χ0n) is 15.0. The van der Waals surface area contributed by atoms with Gasteiger partial charge in [0.1, 0.15) is 5.75 Å². The molecule has 0 radical (unpaired) electrons. The molecule has 2 aromatic carbocycles. The van der Waals surface area contributed by atoms with Crippen LogP contribution < -0.4 is 20.9 Å². The van der Waals surface area contributed by atoms with Crippen molar-refractivity contribution in [3.8, 4) is 5.75 Å². The van der Waals surface area contributed by atoms with Crippen LogP contribution in [0.2, 0.25) is 0 Å². The number of halogens is 2. The van der Waals surface area contributed by atoms with Crippen molar-refractivity contribution in [3.63, 3.8) is 0 Å². The highest BCUT2D eigenvalue weighted by atomic mass is 79.9. The summed E-state index contributed by atoms with van der Waals surface area (Å²) in [5.74, 6) is -0.444. The molecule has 0 saturated carbocycles. The molecule has 3 rings (SSSR count). The van der Waals surface area contributed by atoms with E-state index in [-0.39, 0.29) is 17.4 Å². The number of carbonyl (C=O) groups is 2. The third kappa shape index (κ3) is 5.52. The number of carbonyl (C=O) groups excluding carboxylic acids is 2. The van der Waals surface area contributed by atoms with Crippen LogP contribution in [0.5, 0.6) is 5.75 Å². The third-order valence-electron chi connectivity index (χ3n) is 3.72. The van der Waals surface area contributed by atoms with Gasteiger partial charge in [-0.3, -0.25) is 30.9 Å². The maximum absolute atomic E-state index is 12.0. The summed E-state index contributed by atoms with van der Waals surface area (Å²) >= 11 is 11.9. The van der Waals surface area contributed by atoms with Gasteiger partial charge >= 0.3 is 0 Å². The van der Waals surface area contributed by atoms with Gasteiger partial charge in [-0.05, 0) is 70.1 Å². The Balaban J connectivity index is 1.50. The molecule has 8 nitrogen and oxygen atoms in total. The Bertz CT molecular complexity index is 1100. The van der Waals surface area contributed by atoms with Gasteiger partial charge in [-0.15, -0.1) is 0 Å². The van der Waals surface area contributed by atoms with Gasteiger partial charge in [0, 0.05) is 10.2 Å². The van der Waals surface area contributed by atoms with Gasteiger partial charge in [0.05, 0.1) is 4.47 Å². The SMILES string of the molecule is Cc1cc(C(=O)NNC(=S)NC(=O)COc2ccc3cc(Br)ccc3c2Br)n[nH]1. The van der Waals surface area contributed by atoms with Crippen LogP contribution in [-0.2, 0) is 4.79 Å². The van der Waals surface area contributed by atoms with Crippen LogP contribution in [0.25, 0.3) is 10.8 Å². The topological polar surface area (TPSA) is 108 Å². The second-order valence-corrected chi connectivity index (χ2v) is 8.04. The summed E-state index contributed by atoms with van der Waals surface area (Å²) in [6.07, 6.45) is 0. The smallest absolute Gasteiger partial charge is 0.290 e. The zero-order chi connectivity index (χ0) is 21.0. The lowest BCUT2D eigenvalue weighted by molar-refractivity contribution is -0.121. The lowest BCUT2D eigenvalue weighted by Gasteiger charge is -2.12. The number of benzene rings is 2. The van der Waals surface area contributed by atoms with E-state index in [0.29, 0.717) is 5.75 Å². The van der Waals surface area contributed by atoms with Crippen molar-refractivity contribution in [2.45, 2.75) is 6.92 Å². The Labute approximate surface area is 188 Å². The third-order valence-corrected chi connectivity index (χ3v) is 5.24. The number of thiocarbonyl (C=S) groups is 1. The van der Waals surface area contributed by atoms with Gasteiger partial charge in [-0.2, -0.15) is 5.10 Å².